The Morgan fingerprint density at radius 3 is 3.00 bits per heavy atom. The molecule has 0 bridgehead atoms. The zero-order valence-corrected chi connectivity index (χ0v) is 9.94. The Labute approximate surface area is 94.9 Å². The van der Waals surface area contributed by atoms with E-state index < -0.39 is 0 Å². The first-order valence-electron chi connectivity index (χ1n) is 5.60. The fourth-order valence-corrected chi connectivity index (χ4v) is 1.69. The third-order valence-electron chi connectivity index (χ3n) is 2.60. The SMILES string of the molecule is CCNCC(C)c1nnc2cc(C)ncn12. The minimum atomic E-state index is 0.333. The maximum absolute atomic E-state index is 4.27. The molecule has 1 N–H and O–H groups in total. The Balaban J connectivity index is 2.31. The molecule has 0 saturated carbocycles. The second kappa shape index (κ2) is 4.57. The van der Waals surface area contributed by atoms with Crippen LogP contribution in [0.2, 0.25) is 0 Å². The van der Waals surface area contributed by atoms with E-state index in [0.717, 1.165) is 30.3 Å². The molecule has 1 atom stereocenters. The highest BCUT2D eigenvalue weighted by Crippen LogP contribution is 2.13. The van der Waals surface area contributed by atoms with Gasteiger partial charge in [-0.3, -0.25) is 4.40 Å². The molecular formula is C11H17N5. The van der Waals surface area contributed by atoms with Gasteiger partial charge in [0.25, 0.3) is 0 Å². The lowest BCUT2D eigenvalue weighted by molar-refractivity contribution is 0.602. The normalized spacial score (nSPS) is 13.2. The zero-order chi connectivity index (χ0) is 11.5. The topological polar surface area (TPSA) is 55.1 Å². The van der Waals surface area contributed by atoms with Gasteiger partial charge in [0.1, 0.15) is 12.2 Å². The third-order valence-corrected chi connectivity index (χ3v) is 2.60. The molecule has 0 amide bonds. The van der Waals surface area contributed by atoms with E-state index in [0.29, 0.717) is 5.92 Å². The van der Waals surface area contributed by atoms with Crippen molar-refractivity contribution in [1.29, 1.82) is 0 Å². The minimum absolute atomic E-state index is 0.333. The minimum Gasteiger partial charge on any atom is -0.316 e. The molecule has 0 fully saturated rings. The van der Waals surface area contributed by atoms with E-state index in [9.17, 15) is 0 Å². The lowest BCUT2D eigenvalue weighted by Gasteiger charge is -2.09. The molecule has 2 aromatic heterocycles. The van der Waals surface area contributed by atoms with Crippen LogP contribution in [0.4, 0.5) is 0 Å². The molecule has 86 valence electrons. The van der Waals surface area contributed by atoms with Crippen molar-refractivity contribution in [2.24, 2.45) is 0 Å². The summed E-state index contributed by atoms with van der Waals surface area (Å²) >= 11 is 0. The summed E-state index contributed by atoms with van der Waals surface area (Å²) in [6, 6.07) is 1.94. The molecule has 0 aliphatic heterocycles. The molecule has 16 heavy (non-hydrogen) atoms. The van der Waals surface area contributed by atoms with Crippen LogP contribution in [-0.4, -0.2) is 32.7 Å². The molecular weight excluding hydrogens is 202 g/mol. The Morgan fingerprint density at radius 1 is 1.44 bits per heavy atom. The molecule has 2 heterocycles. The molecule has 5 nitrogen and oxygen atoms in total. The van der Waals surface area contributed by atoms with Gasteiger partial charge in [0, 0.05) is 24.2 Å². The standard InChI is InChI=1S/C11H17N5/c1-4-12-6-8(2)11-15-14-10-5-9(3)13-7-16(10)11/h5,7-8,12H,4,6H2,1-3H3. The molecule has 5 heteroatoms. The van der Waals surface area contributed by atoms with Crippen LogP contribution >= 0.6 is 0 Å². The van der Waals surface area contributed by atoms with E-state index >= 15 is 0 Å². The first-order valence-corrected chi connectivity index (χ1v) is 5.60. The van der Waals surface area contributed by atoms with Crippen LogP contribution in [0.5, 0.6) is 0 Å². The van der Waals surface area contributed by atoms with Crippen LogP contribution < -0.4 is 5.32 Å². The molecule has 0 aliphatic rings. The van der Waals surface area contributed by atoms with E-state index in [2.05, 4.69) is 34.3 Å². The van der Waals surface area contributed by atoms with Crippen molar-refractivity contribution in [3.63, 3.8) is 0 Å². The fourth-order valence-electron chi connectivity index (χ4n) is 1.69. The molecule has 1 unspecified atom stereocenters. The number of aryl methyl sites for hydroxylation is 1. The van der Waals surface area contributed by atoms with E-state index in [1.807, 2.05) is 17.4 Å². The molecule has 0 aliphatic carbocycles. The van der Waals surface area contributed by atoms with Crippen LogP contribution in [0.25, 0.3) is 5.65 Å². The monoisotopic (exact) mass is 219 g/mol. The van der Waals surface area contributed by atoms with Gasteiger partial charge in [-0.25, -0.2) is 4.98 Å². The van der Waals surface area contributed by atoms with Crippen LogP contribution in [0.1, 0.15) is 31.3 Å². The van der Waals surface area contributed by atoms with Crippen molar-refractivity contribution in [2.45, 2.75) is 26.7 Å². The van der Waals surface area contributed by atoms with E-state index in [4.69, 9.17) is 0 Å². The van der Waals surface area contributed by atoms with Gasteiger partial charge < -0.3 is 5.32 Å². The van der Waals surface area contributed by atoms with E-state index in [1.165, 1.54) is 0 Å². The molecule has 0 aromatic carbocycles. The highest BCUT2D eigenvalue weighted by Gasteiger charge is 2.12. The average Bonchev–Trinajstić information content (AvgIpc) is 2.68. The van der Waals surface area contributed by atoms with Gasteiger partial charge >= 0.3 is 0 Å². The lowest BCUT2D eigenvalue weighted by Crippen LogP contribution is -2.20. The molecule has 2 rings (SSSR count). The molecule has 0 radical (unpaired) electrons. The number of likely N-dealkylation sites (N-methyl/N-ethyl adjacent to an activating group) is 1. The first-order chi connectivity index (χ1) is 7.72. The Hall–Kier alpha value is -1.49. The Bertz CT molecular complexity index is 476. The van der Waals surface area contributed by atoms with Gasteiger partial charge in [0.15, 0.2) is 5.65 Å². The summed E-state index contributed by atoms with van der Waals surface area (Å²) in [7, 11) is 0. The van der Waals surface area contributed by atoms with Crippen LogP contribution in [0.3, 0.4) is 0 Å². The Kier molecular flexibility index (Phi) is 3.14. The predicted octanol–water partition coefficient (Wildman–Crippen LogP) is 1.15. The zero-order valence-electron chi connectivity index (χ0n) is 9.94. The average molecular weight is 219 g/mol. The van der Waals surface area contributed by atoms with Crippen LogP contribution in [0.15, 0.2) is 12.4 Å². The number of nitrogens with one attached hydrogen (secondary N) is 1. The highest BCUT2D eigenvalue weighted by atomic mass is 15.3. The van der Waals surface area contributed by atoms with Crippen LogP contribution in [-0.2, 0) is 0 Å². The quantitative estimate of drug-likeness (QED) is 0.838. The maximum Gasteiger partial charge on any atom is 0.163 e. The van der Waals surface area contributed by atoms with Gasteiger partial charge in [-0.15, -0.1) is 10.2 Å². The van der Waals surface area contributed by atoms with Crippen molar-refractivity contribution >= 4 is 5.65 Å². The van der Waals surface area contributed by atoms with Gasteiger partial charge in [0.05, 0.1) is 0 Å². The van der Waals surface area contributed by atoms with Crippen molar-refractivity contribution in [3.8, 4) is 0 Å². The number of hydrogen-bond donors (Lipinski definition) is 1. The third kappa shape index (κ3) is 2.04. The number of hydrogen-bond acceptors (Lipinski definition) is 4. The summed E-state index contributed by atoms with van der Waals surface area (Å²) < 4.78 is 1.95. The van der Waals surface area contributed by atoms with Crippen molar-refractivity contribution < 1.29 is 0 Å². The number of rotatable bonds is 4. The van der Waals surface area contributed by atoms with E-state index in [-0.39, 0.29) is 0 Å². The maximum atomic E-state index is 4.27. The summed E-state index contributed by atoms with van der Waals surface area (Å²) in [4.78, 5) is 4.27. The highest BCUT2D eigenvalue weighted by molar-refractivity contribution is 5.38. The largest absolute Gasteiger partial charge is 0.316 e. The Morgan fingerprint density at radius 2 is 2.25 bits per heavy atom. The lowest BCUT2D eigenvalue weighted by atomic mass is 10.1. The predicted molar refractivity (Wildman–Crippen MR) is 62.5 cm³/mol. The van der Waals surface area contributed by atoms with Gasteiger partial charge in [0.2, 0.25) is 0 Å². The number of nitrogens with zero attached hydrogens (tertiary/aromatic N) is 4. The first kappa shape index (κ1) is 11.0. The van der Waals surface area contributed by atoms with Gasteiger partial charge in [-0.05, 0) is 13.5 Å². The van der Waals surface area contributed by atoms with Gasteiger partial charge in [-0.2, -0.15) is 0 Å². The summed E-state index contributed by atoms with van der Waals surface area (Å²) in [5, 5.41) is 11.7. The second-order valence-corrected chi connectivity index (χ2v) is 4.03. The summed E-state index contributed by atoms with van der Waals surface area (Å²) in [5.41, 5.74) is 1.83. The van der Waals surface area contributed by atoms with Gasteiger partial charge in [-0.1, -0.05) is 13.8 Å². The summed E-state index contributed by atoms with van der Waals surface area (Å²) in [5.74, 6) is 1.29. The second-order valence-electron chi connectivity index (χ2n) is 4.03. The molecule has 0 spiro atoms. The molecule has 2 aromatic rings. The summed E-state index contributed by atoms with van der Waals surface area (Å²) in [6.45, 7) is 8.07. The smallest absolute Gasteiger partial charge is 0.163 e. The van der Waals surface area contributed by atoms with Crippen molar-refractivity contribution in [1.82, 2.24) is 24.9 Å². The van der Waals surface area contributed by atoms with Crippen LogP contribution in [0, 0.1) is 6.92 Å². The fraction of sp³-hybridized carbons (Fsp3) is 0.545. The van der Waals surface area contributed by atoms with Crippen molar-refractivity contribution in [2.75, 3.05) is 13.1 Å². The van der Waals surface area contributed by atoms with Crippen molar-refractivity contribution in [3.05, 3.63) is 23.9 Å². The summed E-state index contributed by atoms with van der Waals surface area (Å²) in [6.07, 6.45) is 1.79. The number of aromatic nitrogens is 4. The number of fused-ring (bicyclic) bond motifs is 1. The molecule has 0 saturated heterocycles. The van der Waals surface area contributed by atoms with E-state index in [1.54, 1.807) is 6.33 Å².